The molecule has 0 radical (unpaired) electrons. The minimum atomic E-state index is -1.03. The number of carboxylic acids is 1. The van der Waals surface area contributed by atoms with E-state index in [-0.39, 0.29) is 17.9 Å². The summed E-state index contributed by atoms with van der Waals surface area (Å²) in [6, 6.07) is 4.01. The van der Waals surface area contributed by atoms with Gasteiger partial charge in [0.15, 0.2) is 12.1 Å². The Labute approximate surface area is 154 Å². The summed E-state index contributed by atoms with van der Waals surface area (Å²) in [5.74, 6) is -0.325. The second-order valence-corrected chi connectivity index (χ2v) is 7.46. The highest BCUT2D eigenvalue weighted by molar-refractivity contribution is 5.89. The zero-order valence-electron chi connectivity index (χ0n) is 15.6. The van der Waals surface area contributed by atoms with Gasteiger partial charge in [-0.2, -0.15) is 0 Å². The van der Waals surface area contributed by atoms with Crippen LogP contribution in [-0.2, 0) is 9.59 Å². The van der Waals surface area contributed by atoms with Crippen LogP contribution >= 0.6 is 0 Å². The first-order valence-corrected chi connectivity index (χ1v) is 9.33. The molecular formula is C20H27NO5. The number of carboxylic acid groups (broad SMARTS) is 1. The third kappa shape index (κ3) is 3.37. The van der Waals surface area contributed by atoms with Crippen LogP contribution in [0.3, 0.4) is 0 Å². The molecule has 26 heavy (non-hydrogen) atoms. The van der Waals surface area contributed by atoms with E-state index in [1.807, 2.05) is 13.8 Å². The van der Waals surface area contributed by atoms with E-state index in [0.717, 1.165) is 32.1 Å². The number of hydrogen-bond acceptors (Lipinski definition) is 4. The van der Waals surface area contributed by atoms with Gasteiger partial charge in [0.25, 0.3) is 5.91 Å². The molecular weight excluding hydrogens is 334 g/mol. The largest absolute Gasteiger partial charge is 0.497 e. The van der Waals surface area contributed by atoms with E-state index in [4.69, 9.17) is 9.47 Å². The molecule has 3 rings (SSSR count). The molecule has 0 saturated heterocycles. The molecule has 1 aliphatic heterocycles. The van der Waals surface area contributed by atoms with E-state index >= 15 is 0 Å². The number of aliphatic carboxylic acids is 1. The maximum atomic E-state index is 13.3. The fraction of sp³-hybridized carbons (Fsp3) is 0.600. The van der Waals surface area contributed by atoms with Crippen molar-refractivity contribution in [2.45, 2.75) is 64.1 Å². The maximum absolute atomic E-state index is 13.3. The molecule has 1 heterocycles. The summed E-state index contributed by atoms with van der Waals surface area (Å²) in [6.07, 6.45) is 4.14. The third-order valence-corrected chi connectivity index (χ3v) is 5.35. The van der Waals surface area contributed by atoms with Gasteiger partial charge in [-0.1, -0.05) is 33.1 Å². The molecule has 1 saturated carbocycles. The number of carbonyl (C=O) groups is 2. The second kappa shape index (κ2) is 7.56. The average Bonchev–Trinajstić information content (AvgIpc) is 2.76. The number of nitrogens with zero attached hydrogens (tertiary/aromatic N) is 1. The number of ether oxygens (including phenoxy) is 2. The summed E-state index contributed by atoms with van der Waals surface area (Å²) in [5, 5.41) is 10.00. The van der Waals surface area contributed by atoms with Gasteiger partial charge in [-0.05, 0) is 30.9 Å². The minimum Gasteiger partial charge on any atom is -0.497 e. The van der Waals surface area contributed by atoms with Crippen molar-refractivity contribution in [1.82, 2.24) is 4.90 Å². The van der Waals surface area contributed by atoms with E-state index in [0.29, 0.717) is 17.1 Å². The number of benzene rings is 1. The molecule has 0 spiro atoms. The van der Waals surface area contributed by atoms with E-state index in [1.54, 1.807) is 30.2 Å². The monoisotopic (exact) mass is 361 g/mol. The summed E-state index contributed by atoms with van der Waals surface area (Å²) in [4.78, 5) is 27.1. The van der Waals surface area contributed by atoms with Gasteiger partial charge < -0.3 is 19.5 Å². The van der Waals surface area contributed by atoms with Crippen molar-refractivity contribution in [2.24, 2.45) is 5.92 Å². The Morgan fingerprint density at radius 3 is 2.54 bits per heavy atom. The lowest BCUT2D eigenvalue weighted by molar-refractivity contribution is -0.157. The van der Waals surface area contributed by atoms with E-state index in [1.165, 1.54) is 0 Å². The van der Waals surface area contributed by atoms with Crippen molar-refractivity contribution in [3.05, 3.63) is 23.8 Å². The predicted molar refractivity (Wildman–Crippen MR) is 96.3 cm³/mol. The number of amides is 1. The van der Waals surface area contributed by atoms with Gasteiger partial charge in [0.05, 0.1) is 7.11 Å². The van der Waals surface area contributed by atoms with E-state index in [2.05, 4.69) is 0 Å². The van der Waals surface area contributed by atoms with Gasteiger partial charge in [-0.15, -0.1) is 0 Å². The van der Waals surface area contributed by atoms with Crippen LogP contribution in [-0.4, -0.2) is 41.1 Å². The number of carbonyl (C=O) groups excluding carboxylic acids is 1. The molecule has 142 valence electrons. The minimum absolute atomic E-state index is 0.0600. The first-order chi connectivity index (χ1) is 12.4. The third-order valence-electron chi connectivity index (χ3n) is 5.35. The van der Waals surface area contributed by atoms with Crippen molar-refractivity contribution in [3.8, 4) is 11.5 Å². The lowest BCUT2D eigenvalue weighted by atomic mass is 9.91. The van der Waals surface area contributed by atoms with Crippen molar-refractivity contribution in [2.75, 3.05) is 7.11 Å². The number of hydrogen-bond donors (Lipinski definition) is 1. The van der Waals surface area contributed by atoms with Gasteiger partial charge in [0.2, 0.25) is 0 Å². The van der Waals surface area contributed by atoms with Crippen LogP contribution in [0, 0.1) is 5.92 Å². The zero-order valence-corrected chi connectivity index (χ0v) is 15.6. The quantitative estimate of drug-likeness (QED) is 0.889. The van der Waals surface area contributed by atoms with Crippen LogP contribution in [0.4, 0.5) is 0 Å². The lowest BCUT2D eigenvalue weighted by Crippen LogP contribution is -2.51. The molecule has 1 N–H and O–H groups in total. The Kier molecular flexibility index (Phi) is 5.39. The SMILES string of the molecule is COc1ccc2c(c1)OC(C(C)C)C(=O)N(C1CCCCC1)C2C(=O)O. The molecule has 1 fully saturated rings. The average molecular weight is 361 g/mol. The smallest absolute Gasteiger partial charge is 0.331 e. The van der Waals surface area contributed by atoms with E-state index in [9.17, 15) is 14.7 Å². The summed E-state index contributed by atoms with van der Waals surface area (Å²) >= 11 is 0. The van der Waals surface area contributed by atoms with Crippen molar-refractivity contribution in [3.63, 3.8) is 0 Å². The van der Waals surface area contributed by atoms with Gasteiger partial charge >= 0.3 is 5.97 Å². The topological polar surface area (TPSA) is 76.1 Å². The van der Waals surface area contributed by atoms with Crippen LogP contribution < -0.4 is 9.47 Å². The molecule has 1 aliphatic carbocycles. The lowest BCUT2D eigenvalue weighted by Gasteiger charge is -2.38. The van der Waals surface area contributed by atoms with E-state index < -0.39 is 18.1 Å². The molecule has 2 unspecified atom stereocenters. The Hall–Kier alpha value is -2.24. The molecule has 2 atom stereocenters. The first-order valence-electron chi connectivity index (χ1n) is 9.33. The van der Waals surface area contributed by atoms with Crippen molar-refractivity contribution >= 4 is 11.9 Å². The summed E-state index contributed by atoms with van der Waals surface area (Å²) in [6.45, 7) is 3.84. The molecule has 1 aromatic carbocycles. The molecule has 2 aliphatic rings. The molecule has 6 nitrogen and oxygen atoms in total. The van der Waals surface area contributed by atoms with Gasteiger partial charge in [-0.3, -0.25) is 4.79 Å². The highest BCUT2D eigenvalue weighted by Gasteiger charge is 2.45. The summed E-state index contributed by atoms with van der Waals surface area (Å²) in [7, 11) is 1.55. The molecule has 6 heteroatoms. The van der Waals surface area contributed by atoms with Gasteiger partial charge in [-0.25, -0.2) is 4.79 Å². The summed E-state index contributed by atoms with van der Waals surface area (Å²) in [5.41, 5.74) is 0.514. The molecule has 1 aromatic rings. The fourth-order valence-corrected chi connectivity index (χ4v) is 4.00. The van der Waals surface area contributed by atoms with Crippen LogP contribution in [0.5, 0.6) is 11.5 Å². The maximum Gasteiger partial charge on any atom is 0.331 e. The zero-order chi connectivity index (χ0) is 18.8. The highest BCUT2D eigenvalue weighted by Crippen LogP contribution is 2.41. The van der Waals surface area contributed by atoms with Crippen molar-refractivity contribution in [1.29, 1.82) is 0 Å². The highest BCUT2D eigenvalue weighted by atomic mass is 16.5. The number of fused-ring (bicyclic) bond motifs is 1. The molecule has 1 amide bonds. The van der Waals surface area contributed by atoms with Crippen LogP contribution in [0.25, 0.3) is 0 Å². The Balaban J connectivity index is 2.13. The molecule has 0 bridgehead atoms. The standard InChI is InChI=1S/C20H27NO5/c1-12(2)18-19(22)21(13-7-5-4-6-8-13)17(20(23)24)15-10-9-14(25-3)11-16(15)26-18/h9-13,17-18H,4-8H2,1-3H3,(H,23,24). The number of rotatable bonds is 4. The fourth-order valence-electron chi connectivity index (χ4n) is 4.00. The predicted octanol–water partition coefficient (Wildman–Crippen LogP) is 3.40. The number of methoxy groups -OCH3 is 1. The Morgan fingerprint density at radius 1 is 1.27 bits per heavy atom. The van der Waals surface area contributed by atoms with Crippen LogP contribution in [0.2, 0.25) is 0 Å². The molecule has 0 aromatic heterocycles. The first kappa shape index (κ1) is 18.5. The van der Waals surface area contributed by atoms with Gasteiger partial charge in [0.1, 0.15) is 11.5 Å². The van der Waals surface area contributed by atoms with Crippen molar-refractivity contribution < 1.29 is 24.2 Å². The Morgan fingerprint density at radius 2 is 1.96 bits per heavy atom. The normalized spacial score (nSPS) is 24.0. The summed E-state index contributed by atoms with van der Waals surface area (Å²) < 4.78 is 11.3. The van der Waals surface area contributed by atoms with Crippen LogP contribution in [0.1, 0.15) is 57.6 Å². The van der Waals surface area contributed by atoms with Crippen LogP contribution in [0.15, 0.2) is 18.2 Å². The second-order valence-electron chi connectivity index (χ2n) is 7.46. The van der Waals surface area contributed by atoms with Gasteiger partial charge in [0, 0.05) is 17.7 Å². The Bertz CT molecular complexity index is 681.